The number of anilines is 3. The van der Waals surface area contributed by atoms with Crippen LogP contribution in [-0.4, -0.2) is 0 Å². The zero-order chi connectivity index (χ0) is 36.3. The number of nitrogens with zero attached hydrogens (tertiary/aromatic N) is 1. The molecule has 1 aliphatic carbocycles. The second-order valence-electron chi connectivity index (χ2n) is 14.5. The van der Waals surface area contributed by atoms with E-state index in [1.165, 1.54) is 60.8 Å². The fourth-order valence-electron chi connectivity index (χ4n) is 9.10. The van der Waals surface area contributed by atoms with Crippen molar-refractivity contribution >= 4 is 27.8 Å². The topological polar surface area (TPSA) is 12.5 Å². The van der Waals surface area contributed by atoms with Crippen molar-refractivity contribution in [1.29, 1.82) is 0 Å². The maximum absolute atomic E-state index is 6.80. The van der Waals surface area contributed by atoms with Gasteiger partial charge in [-0.25, -0.2) is 0 Å². The highest BCUT2D eigenvalue weighted by Crippen LogP contribution is 2.64. The molecule has 0 saturated carbocycles. The first-order chi connectivity index (χ1) is 27.3. The molecule has 2 nitrogen and oxygen atoms in total. The lowest BCUT2D eigenvalue weighted by atomic mass is 9.66. The molecule has 1 atom stereocenters. The maximum Gasteiger partial charge on any atom is 0.132 e. The monoisotopic (exact) mass is 701 g/mol. The Bertz CT molecular complexity index is 2800. The predicted molar refractivity (Wildman–Crippen MR) is 227 cm³/mol. The highest BCUT2D eigenvalue weighted by atomic mass is 16.5. The molecular weight excluding hydrogens is 667 g/mol. The van der Waals surface area contributed by atoms with Gasteiger partial charge in [0.05, 0.1) is 11.1 Å². The highest BCUT2D eigenvalue weighted by Gasteiger charge is 2.52. The molecule has 55 heavy (non-hydrogen) atoms. The van der Waals surface area contributed by atoms with E-state index in [0.717, 1.165) is 34.1 Å². The Morgan fingerprint density at radius 3 is 1.51 bits per heavy atom. The zero-order valence-electron chi connectivity index (χ0n) is 30.1. The Labute approximate surface area is 321 Å². The number of hydrogen-bond acceptors (Lipinski definition) is 2. The van der Waals surface area contributed by atoms with Crippen molar-refractivity contribution < 1.29 is 4.74 Å². The van der Waals surface area contributed by atoms with Crippen LogP contribution < -0.4 is 9.64 Å². The molecule has 1 aliphatic heterocycles. The fourth-order valence-corrected chi connectivity index (χ4v) is 9.10. The van der Waals surface area contributed by atoms with E-state index in [0.29, 0.717) is 0 Å². The van der Waals surface area contributed by atoms with Gasteiger partial charge in [0.2, 0.25) is 0 Å². The van der Waals surface area contributed by atoms with Gasteiger partial charge in [-0.05, 0) is 98.2 Å². The first kappa shape index (κ1) is 31.4. The van der Waals surface area contributed by atoms with E-state index in [9.17, 15) is 0 Å². The van der Waals surface area contributed by atoms with Crippen LogP contribution in [-0.2, 0) is 5.41 Å². The summed E-state index contributed by atoms with van der Waals surface area (Å²) in [5, 5.41) is 2.37. The molecule has 1 unspecified atom stereocenters. The van der Waals surface area contributed by atoms with Crippen LogP contribution in [0.1, 0.15) is 22.3 Å². The SMILES string of the molecule is c1ccc(-c2ccc(N(c3ccc(-c4ccccc4)cc3)c3cccc4c3-c3ccccc3C43c4ccccc4Oc4cc5ccccc5cc43)cc2)cc1. The molecule has 11 rings (SSSR count). The molecule has 0 amide bonds. The van der Waals surface area contributed by atoms with Gasteiger partial charge < -0.3 is 9.64 Å². The summed E-state index contributed by atoms with van der Waals surface area (Å²) < 4.78 is 6.80. The molecule has 0 bridgehead atoms. The third-order valence-electron chi connectivity index (χ3n) is 11.5. The molecule has 2 heteroatoms. The van der Waals surface area contributed by atoms with Crippen LogP contribution in [0, 0.1) is 0 Å². The zero-order valence-corrected chi connectivity index (χ0v) is 30.1. The molecule has 0 saturated heterocycles. The number of fused-ring (bicyclic) bond motifs is 10. The van der Waals surface area contributed by atoms with Crippen molar-refractivity contribution in [2.75, 3.05) is 4.90 Å². The molecule has 1 heterocycles. The van der Waals surface area contributed by atoms with Gasteiger partial charge in [-0.1, -0.05) is 164 Å². The smallest absolute Gasteiger partial charge is 0.132 e. The molecule has 0 radical (unpaired) electrons. The van der Waals surface area contributed by atoms with Crippen LogP contribution in [0.3, 0.4) is 0 Å². The summed E-state index contributed by atoms with van der Waals surface area (Å²) in [7, 11) is 0. The van der Waals surface area contributed by atoms with Crippen molar-refractivity contribution in [2.45, 2.75) is 5.41 Å². The average molecular weight is 702 g/mol. The molecule has 0 aromatic heterocycles. The second-order valence-corrected chi connectivity index (χ2v) is 14.5. The minimum Gasteiger partial charge on any atom is -0.457 e. The van der Waals surface area contributed by atoms with Gasteiger partial charge in [0.15, 0.2) is 0 Å². The second kappa shape index (κ2) is 12.5. The molecule has 1 spiro atoms. The number of para-hydroxylation sites is 1. The van der Waals surface area contributed by atoms with Gasteiger partial charge in [-0.15, -0.1) is 0 Å². The van der Waals surface area contributed by atoms with Crippen molar-refractivity contribution in [3.63, 3.8) is 0 Å². The van der Waals surface area contributed by atoms with Gasteiger partial charge >= 0.3 is 0 Å². The van der Waals surface area contributed by atoms with Crippen molar-refractivity contribution in [3.05, 3.63) is 235 Å². The molecule has 9 aromatic carbocycles. The first-order valence-electron chi connectivity index (χ1n) is 18.9. The van der Waals surface area contributed by atoms with E-state index in [1.807, 2.05) is 0 Å². The van der Waals surface area contributed by atoms with Crippen LogP contribution >= 0.6 is 0 Å². The summed E-state index contributed by atoms with van der Waals surface area (Å²) in [6.07, 6.45) is 0. The van der Waals surface area contributed by atoms with Crippen LogP contribution in [0.5, 0.6) is 11.5 Å². The number of hydrogen-bond donors (Lipinski definition) is 0. The normalized spacial score (nSPS) is 14.8. The van der Waals surface area contributed by atoms with E-state index in [1.54, 1.807) is 0 Å². The van der Waals surface area contributed by atoms with Crippen LogP contribution in [0.2, 0.25) is 0 Å². The molecule has 0 N–H and O–H groups in total. The molecular formula is C53H35NO. The van der Waals surface area contributed by atoms with Crippen LogP contribution in [0.15, 0.2) is 212 Å². The third kappa shape index (κ3) is 4.82. The summed E-state index contributed by atoms with van der Waals surface area (Å²) in [4.78, 5) is 2.44. The minimum absolute atomic E-state index is 0.587. The lowest BCUT2D eigenvalue weighted by Crippen LogP contribution is -2.32. The van der Waals surface area contributed by atoms with E-state index < -0.39 is 5.41 Å². The summed E-state index contributed by atoms with van der Waals surface area (Å²) in [5.41, 5.74) is 14.8. The van der Waals surface area contributed by atoms with Crippen LogP contribution in [0.4, 0.5) is 17.1 Å². The van der Waals surface area contributed by atoms with E-state index in [4.69, 9.17) is 4.74 Å². The Morgan fingerprint density at radius 2 is 0.855 bits per heavy atom. The van der Waals surface area contributed by atoms with Gasteiger partial charge in [0.25, 0.3) is 0 Å². The largest absolute Gasteiger partial charge is 0.457 e. The summed E-state index contributed by atoms with van der Waals surface area (Å²) in [6.45, 7) is 0. The van der Waals surface area contributed by atoms with Crippen LogP contribution in [0.25, 0.3) is 44.2 Å². The Kier molecular flexibility index (Phi) is 7.11. The van der Waals surface area contributed by atoms with E-state index >= 15 is 0 Å². The Hall–Kier alpha value is -7.16. The standard InChI is InChI=1S/C53H35NO/c1-3-14-36(15-4-1)38-26-30-42(31-27-38)54(43-32-28-39(29-33-43)37-16-5-2-6-17-37)49-24-13-23-47-52(49)44-20-9-10-21-45(44)53(47)46-22-11-12-25-50(46)55-51-35-41-19-8-7-18-40(41)34-48(51)53/h1-35H. The lowest BCUT2D eigenvalue weighted by Gasteiger charge is -2.39. The van der Waals surface area contributed by atoms with Gasteiger partial charge in [-0.2, -0.15) is 0 Å². The molecule has 9 aromatic rings. The van der Waals surface area contributed by atoms with Crippen molar-refractivity contribution in [2.24, 2.45) is 0 Å². The molecule has 258 valence electrons. The van der Waals surface area contributed by atoms with Crippen molar-refractivity contribution in [3.8, 4) is 44.9 Å². The predicted octanol–water partition coefficient (Wildman–Crippen LogP) is 14.1. The summed E-state index contributed by atoms with van der Waals surface area (Å²) in [5.74, 6) is 1.79. The maximum atomic E-state index is 6.80. The number of benzene rings is 9. The number of ether oxygens (including phenoxy) is 1. The van der Waals surface area contributed by atoms with Crippen molar-refractivity contribution in [1.82, 2.24) is 0 Å². The third-order valence-corrected chi connectivity index (χ3v) is 11.5. The number of rotatable bonds is 5. The molecule has 0 fully saturated rings. The fraction of sp³-hybridized carbons (Fsp3) is 0.0189. The van der Waals surface area contributed by atoms with E-state index in [2.05, 4.69) is 217 Å². The van der Waals surface area contributed by atoms with Gasteiger partial charge in [-0.3, -0.25) is 0 Å². The minimum atomic E-state index is -0.587. The summed E-state index contributed by atoms with van der Waals surface area (Å²) >= 11 is 0. The average Bonchev–Trinajstić information content (AvgIpc) is 3.55. The van der Waals surface area contributed by atoms with Gasteiger partial charge in [0.1, 0.15) is 11.5 Å². The highest BCUT2D eigenvalue weighted by molar-refractivity contribution is 5.99. The first-order valence-corrected chi connectivity index (χ1v) is 18.9. The molecule has 2 aliphatic rings. The van der Waals surface area contributed by atoms with Gasteiger partial charge in [0, 0.05) is 28.1 Å². The lowest BCUT2D eigenvalue weighted by molar-refractivity contribution is 0.437. The summed E-state index contributed by atoms with van der Waals surface area (Å²) in [6, 6.07) is 76.9. The van der Waals surface area contributed by atoms with E-state index in [-0.39, 0.29) is 0 Å². The quantitative estimate of drug-likeness (QED) is 0.177. The Morgan fingerprint density at radius 1 is 0.345 bits per heavy atom. The Balaban J connectivity index is 1.18.